The number of aryl methyl sites for hydroxylation is 1. The van der Waals surface area contributed by atoms with Gasteiger partial charge in [-0.05, 0) is 96.3 Å². The Kier molecular flexibility index (Phi) is 34.4. The summed E-state index contributed by atoms with van der Waals surface area (Å²) in [4.78, 5) is 145. The number of urea groups is 1. The van der Waals surface area contributed by atoms with E-state index in [4.69, 9.17) is 69.8 Å². The van der Waals surface area contributed by atoms with Crippen LogP contribution in [0.1, 0.15) is 76.6 Å². The number of carbonyl (C=O) groups excluding carboxylic acids is 10. The van der Waals surface area contributed by atoms with Crippen molar-refractivity contribution in [1.82, 2.24) is 35.3 Å². The number of aliphatic hydroxyl groups excluding tert-OH is 2. The van der Waals surface area contributed by atoms with E-state index in [2.05, 4.69) is 31.2 Å². The van der Waals surface area contributed by atoms with Gasteiger partial charge in [-0.15, -0.1) is 11.6 Å². The molecule has 0 bridgehead atoms. The zero-order valence-electron chi connectivity index (χ0n) is 62.0. The molecule has 3 atom stereocenters. The number of primary amides is 1. The van der Waals surface area contributed by atoms with Crippen molar-refractivity contribution in [2.24, 2.45) is 17.6 Å². The third-order valence-electron chi connectivity index (χ3n) is 17.6. The zero-order chi connectivity index (χ0) is 78.9. The Hall–Kier alpha value is -10.4. The molecule has 0 spiro atoms. The molecule has 0 aliphatic carbocycles. The first-order chi connectivity index (χ1) is 53.2. The second-order valence-electron chi connectivity index (χ2n) is 25.8. The van der Waals surface area contributed by atoms with Crippen LogP contribution in [0.15, 0.2) is 103 Å². The Morgan fingerprint density at radius 3 is 2.05 bits per heavy atom. The van der Waals surface area contributed by atoms with Crippen LogP contribution < -0.4 is 41.4 Å². The number of aromatic amines is 1. The molecule has 2 aromatic heterocycles. The van der Waals surface area contributed by atoms with Gasteiger partial charge >= 0.3 is 24.3 Å². The van der Waals surface area contributed by atoms with Crippen molar-refractivity contribution in [2.45, 2.75) is 58.6 Å². The molecule has 0 fully saturated rings. The molecule has 0 saturated heterocycles. The predicted octanol–water partition coefficient (Wildman–Crippen LogP) is 6.43. The number of nitrogens with zero attached hydrogens (tertiary/aromatic N) is 5. The highest BCUT2D eigenvalue weighted by Gasteiger charge is 2.37. The van der Waals surface area contributed by atoms with Crippen molar-refractivity contribution in [2.75, 3.05) is 173 Å². The number of benzene rings is 4. The lowest BCUT2D eigenvalue weighted by atomic mass is 9.89. The highest BCUT2D eigenvalue weighted by atomic mass is 35.5. The second kappa shape index (κ2) is 44.3. The number of ether oxygens (including phenoxy) is 10. The summed E-state index contributed by atoms with van der Waals surface area (Å²) >= 11 is 6.72. The summed E-state index contributed by atoms with van der Waals surface area (Å²) in [5.41, 5.74) is 9.35. The number of likely N-dealkylation sites (N-methyl/N-ethyl adjacent to an activating group) is 1. The molecule has 4 aromatic carbocycles. The average Bonchev–Trinajstić information content (AvgIpc) is 1.54. The molecule has 33 nitrogen and oxygen atoms in total. The largest absolute Gasteiger partial charge is 0.491 e. The number of nitrogens with one attached hydrogen (secondary N) is 5. The average molecular weight is 1550 g/mol. The van der Waals surface area contributed by atoms with Gasteiger partial charge in [-0.1, -0.05) is 44.2 Å². The normalized spacial score (nSPS) is 13.7. The number of rotatable bonds is 47. The second-order valence-corrected chi connectivity index (χ2v) is 26.2. The molecule has 6 aromatic rings. The van der Waals surface area contributed by atoms with Crippen LogP contribution in [0.2, 0.25) is 0 Å². The molecular weight excluding hydrogens is 1450 g/mol. The third-order valence-corrected chi connectivity index (χ3v) is 18.0. The molecule has 0 radical (unpaired) electrons. The van der Waals surface area contributed by atoms with Crippen LogP contribution in [-0.4, -0.2) is 258 Å². The minimum Gasteiger partial charge on any atom is -0.491 e. The fourth-order valence-corrected chi connectivity index (χ4v) is 12.1. The van der Waals surface area contributed by atoms with E-state index in [1.165, 1.54) is 23.0 Å². The van der Waals surface area contributed by atoms with E-state index in [0.29, 0.717) is 77.6 Å². The summed E-state index contributed by atoms with van der Waals surface area (Å²) in [6, 6.07) is 21.7. The zero-order valence-corrected chi connectivity index (χ0v) is 62.7. The molecule has 0 unspecified atom stereocenters. The number of aromatic nitrogens is 2. The van der Waals surface area contributed by atoms with Crippen LogP contribution >= 0.6 is 11.6 Å². The first kappa shape index (κ1) is 85.3. The quantitative estimate of drug-likeness (QED) is 0.0116. The summed E-state index contributed by atoms with van der Waals surface area (Å²) in [6.07, 6.45) is 1.54. The summed E-state index contributed by atoms with van der Waals surface area (Å²) in [5, 5.41) is 30.6. The number of nitrogens with two attached hydrogens (primary N) is 1. The maximum absolute atomic E-state index is 14.8. The molecule has 2 aliphatic rings. The SMILES string of the molecule is Cc1cccc2c(OC(=O)N(CCOCCOCCO)CCN(C)C(=O)OCc3ccc(NC(=O)[C@H](CCCNC(N)=O)CC(=O)[C@@H](NC(=O)OCCOCCN4C(=O)C=CC4=O)C(C)C)cc3)cc3c(c12)[C@H](CCl)CN3C(=O)c1cc2cc(NC(=O)c3ccc(OCCOCCOCCOCCO)cc3)ncc2[nH]1. The van der Waals surface area contributed by atoms with Gasteiger partial charge in [0.2, 0.25) is 5.91 Å². The molecule has 9 N–H and O–H groups in total. The Morgan fingerprint density at radius 1 is 0.736 bits per heavy atom. The summed E-state index contributed by atoms with van der Waals surface area (Å²) < 4.78 is 55.6. The van der Waals surface area contributed by atoms with Crippen LogP contribution in [0.5, 0.6) is 11.5 Å². The first-order valence-corrected chi connectivity index (χ1v) is 36.6. The van der Waals surface area contributed by atoms with Crippen LogP contribution in [-0.2, 0) is 63.7 Å². The van der Waals surface area contributed by atoms with Crippen LogP contribution in [0, 0.1) is 18.8 Å². The molecule has 0 saturated carbocycles. The summed E-state index contributed by atoms with van der Waals surface area (Å²) in [6.45, 7) is 7.83. The summed E-state index contributed by atoms with van der Waals surface area (Å²) in [5.74, 6) is -3.30. The van der Waals surface area contributed by atoms with Crippen molar-refractivity contribution in [3.8, 4) is 11.5 Å². The number of alkyl carbamates (subject to hydrolysis) is 1. The van der Waals surface area contributed by atoms with Crippen LogP contribution in [0.4, 0.5) is 36.4 Å². The highest BCUT2D eigenvalue weighted by Crippen LogP contribution is 2.47. The van der Waals surface area contributed by atoms with E-state index in [1.807, 2.05) is 25.1 Å². The number of anilines is 3. The smallest absolute Gasteiger partial charge is 0.415 e. The number of pyridine rings is 1. The molecule has 594 valence electrons. The lowest BCUT2D eigenvalue weighted by molar-refractivity contribution is -0.137. The molecule has 34 heteroatoms. The van der Waals surface area contributed by atoms with Gasteiger partial charge in [0.15, 0.2) is 5.78 Å². The van der Waals surface area contributed by atoms with E-state index >= 15 is 0 Å². The van der Waals surface area contributed by atoms with Gasteiger partial charge < -0.3 is 104 Å². The Balaban J connectivity index is 0.863. The number of halogens is 1. The number of Topliss-reactive ketones (excluding diaryl/α,β-unsaturated/α-hetero) is 1. The van der Waals surface area contributed by atoms with Crippen molar-refractivity contribution >= 4 is 110 Å². The molecule has 2 aliphatic heterocycles. The number of ketones is 1. The van der Waals surface area contributed by atoms with Gasteiger partial charge in [-0.3, -0.25) is 33.7 Å². The summed E-state index contributed by atoms with van der Waals surface area (Å²) in [7, 11) is 1.50. The van der Waals surface area contributed by atoms with Gasteiger partial charge in [-0.2, -0.15) is 0 Å². The minimum atomic E-state index is -1.05. The number of amides is 10. The minimum absolute atomic E-state index is 0.000588. The van der Waals surface area contributed by atoms with E-state index in [-0.39, 0.29) is 167 Å². The molecule has 4 heterocycles. The van der Waals surface area contributed by atoms with Gasteiger partial charge in [0, 0.05) is 104 Å². The molecule has 110 heavy (non-hydrogen) atoms. The van der Waals surface area contributed by atoms with Gasteiger partial charge in [-0.25, -0.2) is 24.2 Å². The Labute approximate surface area is 640 Å². The van der Waals surface area contributed by atoms with Crippen molar-refractivity contribution in [1.29, 1.82) is 0 Å². The number of hydrogen-bond acceptors (Lipinski definition) is 23. The Morgan fingerprint density at radius 2 is 1.39 bits per heavy atom. The van der Waals surface area contributed by atoms with Crippen LogP contribution in [0.25, 0.3) is 21.7 Å². The Bertz CT molecular complexity index is 4110. The highest BCUT2D eigenvalue weighted by molar-refractivity contribution is 6.20. The predicted molar refractivity (Wildman–Crippen MR) is 403 cm³/mol. The number of alkyl halides is 1. The van der Waals surface area contributed by atoms with E-state index in [1.54, 1.807) is 85.5 Å². The van der Waals surface area contributed by atoms with Crippen molar-refractivity contribution in [3.05, 3.63) is 131 Å². The molecular formula is C76H96ClN11O22. The monoisotopic (exact) mass is 1550 g/mol. The van der Waals surface area contributed by atoms with Gasteiger partial charge in [0.25, 0.3) is 23.6 Å². The fraction of sp³-hybridized carbons (Fsp3) is 0.461. The number of fused-ring (bicyclic) bond motifs is 4. The molecule has 10 amide bonds. The van der Waals surface area contributed by atoms with Crippen LogP contribution in [0.3, 0.4) is 0 Å². The number of H-pyrrole nitrogens is 1. The van der Waals surface area contributed by atoms with Crippen molar-refractivity contribution < 1.29 is 106 Å². The lowest BCUT2D eigenvalue weighted by Gasteiger charge is -2.26. The van der Waals surface area contributed by atoms with Gasteiger partial charge in [0.1, 0.15) is 42.8 Å². The van der Waals surface area contributed by atoms with E-state index < -0.39 is 77.5 Å². The number of carbonyl (C=O) groups is 10. The maximum Gasteiger partial charge on any atom is 0.415 e. The number of hydrogen-bond donors (Lipinski definition) is 8. The van der Waals surface area contributed by atoms with Gasteiger partial charge in [0.05, 0.1) is 122 Å². The topological polar surface area (TPSA) is 419 Å². The maximum atomic E-state index is 14.8. The van der Waals surface area contributed by atoms with E-state index in [9.17, 15) is 53.1 Å². The standard InChI is InChI=1S/C76H96ClN11O22/c1-49(2)69(84-74(98)108-40-38-102-28-24-87-65(92)18-19-66(87)93)62(91)42-53(8-6-20-79-73(78)97)71(95)81-56-14-10-51(11-15-56)48-109-75(99)85(4)21-22-86(23-27-101-31-32-103-29-25-89)76(100)110-63-44-61-68(67-50(3)7-5-9-58(63)67)55(45-77)47-88(61)72(96)59-41-54-43-64(80-46-60(54)82-59)83-70(94)52-12-16-57(17-13-52)107-39-37-106-36-35-105-34-33-104-30-26-90/h5,7,9-19,41,43-44,46,49,53,55,69,82,89-90H,6,8,20-40,42,45,47-48H2,1-4H3,(H,81,95)(H,84,98)(H3,78,79,97)(H,80,83,94)/t53-,55-,69+/m1/s1. The first-order valence-electron chi connectivity index (χ1n) is 36.1. The fourth-order valence-electron chi connectivity index (χ4n) is 11.9. The van der Waals surface area contributed by atoms with Crippen molar-refractivity contribution in [3.63, 3.8) is 0 Å². The third kappa shape index (κ3) is 25.9. The number of aliphatic hydroxyl groups is 2. The van der Waals surface area contributed by atoms with E-state index in [0.717, 1.165) is 33.6 Å². The number of imide groups is 1. The lowest BCUT2D eigenvalue weighted by Crippen LogP contribution is -2.46. The molecule has 8 rings (SSSR count).